The van der Waals surface area contributed by atoms with Gasteiger partial charge in [0.1, 0.15) is 5.37 Å². The van der Waals surface area contributed by atoms with Crippen LogP contribution < -0.4 is 5.73 Å². The summed E-state index contributed by atoms with van der Waals surface area (Å²) in [5.41, 5.74) is 4.23. The van der Waals surface area contributed by atoms with Gasteiger partial charge in [-0.2, -0.15) is 11.8 Å². The van der Waals surface area contributed by atoms with Gasteiger partial charge in [0.05, 0.1) is 0 Å². The van der Waals surface area contributed by atoms with Gasteiger partial charge in [-0.05, 0) is 25.4 Å². The second-order valence-electron chi connectivity index (χ2n) is 2.68. The highest BCUT2D eigenvalue weighted by atomic mass is 32.2. The van der Waals surface area contributed by atoms with Crippen molar-refractivity contribution in [3.8, 4) is 0 Å². The number of hydrogen-bond acceptors (Lipinski definition) is 6. The third kappa shape index (κ3) is 3.85. The molecule has 5 nitrogen and oxygen atoms in total. The number of sulfone groups is 1. The van der Waals surface area contributed by atoms with Crippen LogP contribution in [0.3, 0.4) is 0 Å². The molecule has 0 aromatic rings. The minimum atomic E-state index is -3.59. The lowest BCUT2D eigenvalue weighted by Crippen LogP contribution is -2.38. The number of ether oxygens (including phenoxy) is 1. The highest BCUT2D eigenvalue weighted by molar-refractivity contribution is 7.98. The number of thioether (sulfide) groups is 1. The molecule has 0 aromatic carbocycles. The van der Waals surface area contributed by atoms with Crippen molar-refractivity contribution in [1.29, 1.82) is 0 Å². The maximum absolute atomic E-state index is 11.5. The largest absolute Gasteiger partial charge is 0.438 e. The Bertz CT molecular complexity index is 265. The van der Waals surface area contributed by atoms with E-state index in [2.05, 4.69) is 4.74 Å². The number of carbonyl (C=O) groups excluding carboxylic acids is 1. The van der Waals surface area contributed by atoms with Crippen LogP contribution in [0.15, 0.2) is 0 Å². The lowest BCUT2D eigenvalue weighted by molar-refractivity contribution is 0.255. The lowest BCUT2D eigenvalue weighted by atomic mass is 10.5. The molecule has 0 fully saturated rings. The molecular formula is C7H14NO4S2. The summed E-state index contributed by atoms with van der Waals surface area (Å²) >= 11 is 1.51. The van der Waals surface area contributed by atoms with Crippen LogP contribution in [0.1, 0.15) is 13.3 Å². The van der Waals surface area contributed by atoms with Crippen LogP contribution in [0.5, 0.6) is 0 Å². The number of rotatable bonds is 7. The topological polar surface area (TPSA) is 86.5 Å². The third-order valence-electron chi connectivity index (χ3n) is 1.71. The second kappa shape index (κ2) is 6.26. The minimum Gasteiger partial charge on any atom is -0.438 e. The fraction of sp³-hybridized carbons (Fsp3) is 0.857. The molecule has 0 aliphatic heterocycles. The molecule has 0 rings (SSSR count). The molecule has 0 heterocycles. The first-order valence-corrected chi connectivity index (χ1v) is 6.97. The van der Waals surface area contributed by atoms with Gasteiger partial charge in [-0.15, -0.1) is 0 Å². The summed E-state index contributed by atoms with van der Waals surface area (Å²) in [7, 11) is -3.59. The Balaban J connectivity index is 4.36. The standard InChI is InChI=1S/C7H14NO4S2/c1-6(12-5-9)14(10,11)7(8)3-4-13-2/h6-7H,3-4,8H2,1-2H3/t6?,7-/m1/s1. The summed E-state index contributed by atoms with van der Waals surface area (Å²) in [4.78, 5) is 9.84. The predicted molar refractivity (Wildman–Crippen MR) is 56.1 cm³/mol. The summed E-state index contributed by atoms with van der Waals surface area (Å²) in [6.07, 6.45) is 2.20. The molecular weight excluding hydrogens is 226 g/mol. The molecule has 0 saturated carbocycles. The van der Waals surface area contributed by atoms with Crippen LogP contribution in [0.2, 0.25) is 0 Å². The summed E-state index contributed by atoms with van der Waals surface area (Å²) in [6, 6.07) is 0. The van der Waals surface area contributed by atoms with E-state index in [0.717, 1.165) is 6.47 Å². The molecule has 83 valence electrons. The van der Waals surface area contributed by atoms with Crippen molar-refractivity contribution in [3.63, 3.8) is 0 Å². The molecule has 0 aliphatic carbocycles. The average molecular weight is 240 g/mol. The quantitative estimate of drug-likeness (QED) is 0.667. The van der Waals surface area contributed by atoms with E-state index in [1.165, 1.54) is 18.7 Å². The Morgan fingerprint density at radius 2 is 2.14 bits per heavy atom. The van der Waals surface area contributed by atoms with Gasteiger partial charge in [0.25, 0.3) is 0 Å². The second-order valence-corrected chi connectivity index (χ2v) is 6.11. The lowest BCUT2D eigenvalue weighted by Gasteiger charge is -2.16. The number of nitrogens with two attached hydrogens (primary N) is 1. The molecule has 2 N–H and O–H groups in total. The molecule has 0 amide bonds. The van der Waals surface area contributed by atoms with E-state index < -0.39 is 20.6 Å². The van der Waals surface area contributed by atoms with Crippen molar-refractivity contribution in [1.82, 2.24) is 0 Å². The van der Waals surface area contributed by atoms with Crippen LogP contribution in [-0.4, -0.2) is 37.7 Å². The van der Waals surface area contributed by atoms with E-state index in [9.17, 15) is 13.2 Å². The number of hydrogen-bond donors (Lipinski definition) is 1. The molecule has 0 aliphatic rings. The SMILES string of the molecule is CSCC[C@H](N)S(=O)(=O)C(C)O[C]=O. The van der Waals surface area contributed by atoms with Crippen molar-refractivity contribution in [3.05, 3.63) is 0 Å². The molecule has 7 heteroatoms. The first-order valence-electron chi connectivity index (χ1n) is 3.96. The summed E-state index contributed by atoms with van der Waals surface area (Å²) in [5, 5.41) is -0.988. The summed E-state index contributed by atoms with van der Waals surface area (Å²) in [6.45, 7) is 2.36. The van der Waals surface area contributed by atoms with E-state index in [1.807, 2.05) is 6.26 Å². The third-order valence-corrected chi connectivity index (χ3v) is 4.45. The molecule has 2 atom stereocenters. The fourth-order valence-electron chi connectivity index (χ4n) is 0.779. The first kappa shape index (κ1) is 13.7. The molecule has 0 saturated heterocycles. The zero-order valence-corrected chi connectivity index (χ0v) is 9.73. The first-order chi connectivity index (χ1) is 6.46. The maximum Gasteiger partial charge on any atom is 0.418 e. The molecule has 0 spiro atoms. The summed E-state index contributed by atoms with van der Waals surface area (Å²) in [5.74, 6) is 0.651. The molecule has 1 unspecified atom stereocenters. The van der Waals surface area contributed by atoms with E-state index in [0.29, 0.717) is 12.2 Å². The van der Waals surface area contributed by atoms with Crippen LogP contribution in [-0.2, 0) is 19.4 Å². The molecule has 0 bridgehead atoms. The Morgan fingerprint density at radius 3 is 2.57 bits per heavy atom. The van der Waals surface area contributed by atoms with E-state index in [4.69, 9.17) is 5.73 Å². The van der Waals surface area contributed by atoms with Gasteiger partial charge in [0.15, 0.2) is 0 Å². The predicted octanol–water partition coefficient (Wildman–Crippen LogP) is -0.131. The monoisotopic (exact) mass is 240 g/mol. The Kier molecular flexibility index (Phi) is 6.14. The smallest absolute Gasteiger partial charge is 0.418 e. The zero-order chi connectivity index (χ0) is 11.2. The van der Waals surface area contributed by atoms with E-state index in [1.54, 1.807) is 0 Å². The van der Waals surface area contributed by atoms with Crippen molar-refractivity contribution < 1.29 is 17.9 Å². The van der Waals surface area contributed by atoms with Gasteiger partial charge in [0.2, 0.25) is 15.3 Å². The molecule has 1 radical (unpaired) electrons. The van der Waals surface area contributed by atoms with Crippen molar-refractivity contribution in [2.45, 2.75) is 24.2 Å². The molecule has 14 heavy (non-hydrogen) atoms. The van der Waals surface area contributed by atoms with Gasteiger partial charge in [-0.3, -0.25) is 0 Å². The van der Waals surface area contributed by atoms with Gasteiger partial charge in [-0.25, -0.2) is 13.2 Å². The maximum atomic E-state index is 11.5. The van der Waals surface area contributed by atoms with Crippen molar-refractivity contribution in [2.75, 3.05) is 12.0 Å². The zero-order valence-electron chi connectivity index (χ0n) is 8.10. The Hall–Kier alpha value is -0.270. The van der Waals surface area contributed by atoms with Gasteiger partial charge < -0.3 is 10.5 Å². The minimum absolute atomic E-state index is 0.343. The van der Waals surface area contributed by atoms with Gasteiger partial charge in [-0.1, -0.05) is 0 Å². The van der Waals surface area contributed by atoms with Crippen molar-refractivity contribution >= 4 is 28.1 Å². The molecule has 0 aromatic heterocycles. The van der Waals surface area contributed by atoms with Crippen LogP contribution in [0, 0.1) is 0 Å². The van der Waals surface area contributed by atoms with Crippen LogP contribution in [0.4, 0.5) is 0 Å². The fourth-order valence-corrected chi connectivity index (χ4v) is 2.53. The van der Waals surface area contributed by atoms with Crippen LogP contribution in [0.25, 0.3) is 0 Å². The average Bonchev–Trinajstić information content (AvgIpc) is 2.14. The van der Waals surface area contributed by atoms with Crippen molar-refractivity contribution in [2.24, 2.45) is 5.73 Å². The Morgan fingerprint density at radius 1 is 1.57 bits per heavy atom. The van der Waals surface area contributed by atoms with E-state index in [-0.39, 0.29) is 0 Å². The Labute approximate surface area is 88.3 Å². The van der Waals surface area contributed by atoms with Gasteiger partial charge >= 0.3 is 6.47 Å². The summed E-state index contributed by atoms with van der Waals surface area (Å²) < 4.78 is 27.2. The normalized spacial score (nSPS) is 15.9. The van der Waals surface area contributed by atoms with E-state index >= 15 is 0 Å². The van der Waals surface area contributed by atoms with Gasteiger partial charge in [0, 0.05) is 0 Å². The highest BCUT2D eigenvalue weighted by Gasteiger charge is 2.29. The highest BCUT2D eigenvalue weighted by Crippen LogP contribution is 2.11. The van der Waals surface area contributed by atoms with Crippen LogP contribution >= 0.6 is 11.8 Å².